The van der Waals surface area contributed by atoms with Crippen LogP contribution in [0.1, 0.15) is 20.8 Å². The first-order valence-corrected chi connectivity index (χ1v) is 6.12. The monoisotopic (exact) mass is 235 g/mol. The summed E-state index contributed by atoms with van der Waals surface area (Å²) in [7, 11) is 0. The SMILES string of the molecule is CC(C)(C)N1CCN(c2ccc(O)nc2)CC1. The van der Waals surface area contributed by atoms with Crippen LogP contribution in [-0.2, 0) is 0 Å². The van der Waals surface area contributed by atoms with E-state index in [-0.39, 0.29) is 11.4 Å². The van der Waals surface area contributed by atoms with Crippen molar-refractivity contribution in [3.8, 4) is 5.88 Å². The van der Waals surface area contributed by atoms with E-state index in [0.717, 1.165) is 31.9 Å². The maximum Gasteiger partial charge on any atom is 0.210 e. The van der Waals surface area contributed by atoms with Crippen LogP contribution in [0.5, 0.6) is 5.88 Å². The van der Waals surface area contributed by atoms with Crippen molar-refractivity contribution >= 4 is 5.69 Å². The Kier molecular flexibility index (Phi) is 3.24. The zero-order valence-corrected chi connectivity index (χ0v) is 10.8. The van der Waals surface area contributed by atoms with Crippen molar-refractivity contribution < 1.29 is 5.11 Å². The van der Waals surface area contributed by atoms with Crippen molar-refractivity contribution in [2.24, 2.45) is 0 Å². The number of rotatable bonds is 1. The van der Waals surface area contributed by atoms with E-state index >= 15 is 0 Å². The fraction of sp³-hybridized carbons (Fsp3) is 0.615. The maximum absolute atomic E-state index is 9.17. The predicted octanol–water partition coefficient (Wildman–Crippen LogP) is 1.71. The van der Waals surface area contributed by atoms with Crippen molar-refractivity contribution in [2.75, 3.05) is 31.1 Å². The highest BCUT2D eigenvalue weighted by Crippen LogP contribution is 2.20. The van der Waals surface area contributed by atoms with E-state index in [1.54, 1.807) is 12.3 Å². The molecule has 1 aliphatic rings. The van der Waals surface area contributed by atoms with Crippen LogP contribution in [0.15, 0.2) is 18.3 Å². The molecule has 0 bridgehead atoms. The smallest absolute Gasteiger partial charge is 0.210 e. The van der Waals surface area contributed by atoms with Gasteiger partial charge < -0.3 is 10.0 Å². The minimum absolute atomic E-state index is 0.0853. The minimum Gasteiger partial charge on any atom is -0.493 e. The largest absolute Gasteiger partial charge is 0.493 e. The van der Waals surface area contributed by atoms with Gasteiger partial charge in [0.05, 0.1) is 11.9 Å². The summed E-state index contributed by atoms with van der Waals surface area (Å²) in [6.45, 7) is 10.9. The average Bonchev–Trinajstić information content (AvgIpc) is 2.29. The van der Waals surface area contributed by atoms with Crippen LogP contribution in [0.4, 0.5) is 5.69 Å². The van der Waals surface area contributed by atoms with Gasteiger partial charge in [-0.1, -0.05) is 0 Å². The van der Waals surface area contributed by atoms with Crippen molar-refractivity contribution in [3.63, 3.8) is 0 Å². The van der Waals surface area contributed by atoms with E-state index in [1.165, 1.54) is 0 Å². The summed E-state index contributed by atoms with van der Waals surface area (Å²) in [6.07, 6.45) is 1.74. The fourth-order valence-electron chi connectivity index (χ4n) is 2.20. The van der Waals surface area contributed by atoms with Crippen LogP contribution < -0.4 is 4.90 Å². The Morgan fingerprint density at radius 3 is 2.24 bits per heavy atom. The van der Waals surface area contributed by atoms with Crippen LogP contribution >= 0.6 is 0 Å². The van der Waals surface area contributed by atoms with Gasteiger partial charge in [0.15, 0.2) is 0 Å². The van der Waals surface area contributed by atoms with E-state index in [4.69, 9.17) is 5.11 Å². The van der Waals surface area contributed by atoms with Gasteiger partial charge in [-0.2, -0.15) is 0 Å². The Bertz CT molecular complexity index is 361. The van der Waals surface area contributed by atoms with Gasteiger partial charge >= 0.3 is 0 Å². The molecule has 2 rings (SSSR count). The summed E-state index contributed by atoms with van der Waals surface area (Å²) in [4.78, 5) is 8.73. The third-order valence-electron chi connectivity index (χ3n) is 3.33. The van der Waals surface area contributed by atoms with E-state index in [0.29, 0.717) is 0 Å². The quantitative estimate of drug-likeness (QED) is 0.804. The molecule has 1 aliphatic heterocycles. The summed E-state index contributed by atoms with van der Waals surface area (Å²) >= 11 is 0. The Balaban J connectivity index is 1.97. The fourth-order valence-corrected chi connectivity index (χ4v) is 2.20. The number of hydrogen-bond donors (Lipinski definition) is 1. The van der Waals surface area contributed by atoms with Gasteiger partial charge in [0, 0.05) is 37.8 Å². The molecule has 0 atom stereocenters. The number of pyridine rings is 1. The summed E-state index contributed by atoms with van der Waals surface area (Å²) < 4.78 is 0. The van der Waals surface area contributed by atoms with Gasteiger partial charge in [0.1, 0.15) is 0 Å². The van der Waals surface area contributed by atoms with Gasteiger partial charge in [-0.3, -0.25) is 4.90 Å². The predicted molar refractivity (Wildman–Crippen MR) is 69.4 cm³/mol. The Hall–Kier alpha value is -1.29. The van der Waals surface area contributed by atoms with Gasteiger partial charge in [-0.05, 0) is 26.8 Å². The first kappa shape index (κ1) is 12.2. The van der Waals surface area contributed by atoms with E-state index in [1.807, 2.05) is 6.07 Å². The lowest BCUT2D eigenvalue weighted by Gasteiger charge is -2.42. The number of nitrogens with zero attached hydrogens (tertiary/aromatic N) is 3. The van der Waals surface area contributed by atoms with Crippen LogP contribution in [0.25, 0.3) is 0 Å². The second kappa shape index (κ2) is 4.53. The highest BCUT2D eigenvalue weighted by atomic mass is 16.3. The molecule has 1 saturated heterocycles. The van der Waals surface area contributed by atoms with E-state index < -0.39 is 0 Å². The molecular formula is C13H21N3O. The topological polar surface area (TPSA) is 39.6 Å². The molecule has 1 fully saturated rings. The van der Waals surface area contributed by atoms with Gasteiger partial charge in [-0.15, -0.1) is 0 Å². The second-order valence-corrected chi connectivity index (χ2v) is 5.52. The Morgan fingerprint density at radius 1 is 1.12 bits per heavy atom. The lowest BCUT2D eigenvalue weighted by atomic mass is 10.0. The molecule has 2 heterocycles. The summed E-state index contributed by atoms with van der Waals surface area (Å²) in [5.41, 5.74) is 1.34. The van der Waals surface area contributed by atoms with Crippen molar-refractivity contribution in [1.29, 1.82) is 0 Å². The second-order valence-electron chi connectivity index (χ2n) is 5.52. The molecule has 0 amide bonds. The van der Waals surface area contributed by atoms with Crippen LogP contribution in [0, 0.1) is 0 Å². The molecule has 94 valence electrons. The molecule has 0 spiro atoms. The highest BCUT2D eigenvalue weighted by molar-refractivity contribution is 5.45. The average molecular weight is 235 g/mol. The number of anilines is 1. The van der Waals surface area contributed by atoms with Crippen LogP contribution in [-0.4, -0.2) is 46.7 Å². The summed E-state index contributed by atoms with van der Waals surface area (Å²) in [5, 5.41) is 9.17. The molecule has 0 radical (unpaired) electrons. The van der Waals surface area contributed by atoms with Gasteiger partial charge in [0.2, 0.25) is 5.88 Å². The third kappa shape index (κ3) is 2.88. The molecule has 1 aromatic heterocycles. The normalized spacial score (nSPS) is 18.4. The Morgan fingerprint density at radius 2 is 1.76 bits per heavy atom. The molecular weight excluding hydrogens is 214 g/mol. The zero-order valence-electron chi connectivity index (χ0n) is 10.8. The molecule has 1 N–H and O–H groups in total. The number of hydrogen-bond acceptors (Lipinski definition) is 4. The molecule has 4 nitrogen and oxygen atoms in total. The van der Waals surface area contributed by atoms with Crippen molar-refractivity contribution in [3.05, 3.63) is 18.3 Å². The lowest BCUT2D eigenvalue weighted by molar-refractivity contribution is 0.128. The summed E-state index contributed by atoms with van der Waals surface area (Å²) in [5.74, 6) is 0.0853. The lowest BCUT2D eigenvalue weighted by Crippen LogP contribution is -2.53. The number of piperazine rings is 1. The summed E-state index contributed by atoms with van der Waals surface area (Å²) in [6, 6.07) is 3.57. The molecule has 0 saturated carbocycles. The molecule has 0 aromatic carbocycles. The Labute approximate surface area is 103 Å². The molecule has 4 heteroatoms. The molecule has 0 unspecified atom stereocenters. The number of aromatic hydroxyl groups is 1. The van der Waals surface area contributed by atoms with Crippen molar-refractivity contribution in [2.45, 2.75) is 26.3 Å². The van der Waals surface area contributed by atoms with E-state index in [9.17, 15) is 0 Å². The minimum atomic E-state index is 0.0853. The maximum atomic E-state index is 9.17. The van der Waals surface area contributed by atoms with Crippen LogP contribution in [0.2, 0.25) is 0 Å². The molecule has 1 aromatic rings. The number of aromatic nitrogens is 1. The van der Waals surface area contributed by atoms with Crippen LogP contribution in [0.3, 0.4) is 0 Å². The zero-order chi connectivity index (χ0) is 12.5. The first-order valence-electron chi connectivity index (χ1n) is 6.12. The molecule has 17 heavy (non-hydrogen) atoms. The van der Waals surface area contributed by atoms with Gasteiger partial charge in [0.25, 0.3) is 0 Å². The van der Waals surface area contributed by atoms with E-state index in [2.05, 4.69) is 35.6 Å². The first-order chi connectivity index (χ1) is 7.97. The van der Waals surface area contributed by atoms with Gasteiger partial charge in [-0.25, -0.2) is 4.98 Å². The van der Waals surface area contributed by atoms with Crippen molar-refractivity contribution in [1.82, 2.24) is 9.88 Å². The molecule has 0 aliphatic carbocycles. The third-order valence-corrected chi connectivity index (χ3v) is 3.33. The highest BCUT2D eigenvalue weighted by Gasteiger charge is 2.25. The standard InChI is InChI=1S/C13H21N3O/c1-13(2,3)16-8-6-15(7-9-16)11-4-5-12(17)14-10-11/h4-5,10H,6-9H2,1-3H3,(H,14,17).